The van der Waals surface area contributed by atoms with Gasteiger partial charge in [-0.2, -0.15) is 0 Å². The monoisotopic (exact) mass is 394 g/mol. The largest absolute Gasteiger partial charge is 0.495 e. The van der Waals surface area contributed by atoms with Crippen LogP contribution in [0.2, 0.25) is 0 Å². The number of carbonyl (C=O) groups is 2. The molecule has 4 N–H and O–H groups in total. The van der Waals surface area contributed by atoms with Gasteiger partial charge in [0, 0.05) is 17.8 Å². The van der Waals surface area contributed by atoms with Crippen molar-refractivity contribution in [2.24, 2.45) is 5.14 Å². The highest BCUT2D eigenvalue weighted by Gasteiger charge is 2.19. The predicted octanol–water partition coefficient (Wildman–Crippen LogP) is 0.828. The number of ether oxygens (including phenoxy) is 1. The molecule has 0 heterocycles. The summed E-state index contributed by atoms with van der Waals surface area (Å²) in [7, 11) is -2.59. The Morgan fingerprint density at radius 2 is 1.67 bits per heavy atom. The molecule has 11 nitrogen and oxygen atoms in total. The summed E-state index contributed by atoms with van der Waals surface area (Å²) in [5.74, 6) is -2.06. The molecule has 0 radical (unpaired) electrons. The molecular formula is C15H14N4O7S. The van der Waals surface area contributed by atoms with Crippen LogP contribution in [-0.4, -0.2) is 32.3 Å². The fraction of sp³-hybridized carbons (Fsp3) is 0.0667. The maximum absolute atomic E-state index is 12.0. The van der Waals surface area contributed by atoms with Crippen molar-refractivity contribution in [1.82, 2.24) is 0 Å². The number of amides is 2. The fourth-order valence-electron chi connectivity index (χ4n) is 2.00. The van der Waals surface area contributed by atoms with Gasteiger partial charge < -0.3 is 15.4 Å². The normalized spacial score (nSPS) is 10.7. The molecule has 2 aromatic carbocycles. The molecule has 0 unspecified atom stereocenters. The number of sulfonamides is 1. The molecule has 142 valence electrons. The molecule has 0 saturated heterocycles. The van der Waals surface area contributed by atoms with Crippen molar-refractivity contribution in [2.75, 3.05) is 17.7 Å². The van der Waals surface area contributed by atoms with Crippen molar-refractivity contribution in [1.29, 1.82) is 0 Å². The van der Waals surface area contributed by atoms with E-state index in [0.29, 0.717) is 0 Å². The molecule has 2 rings (SSSR count). The molecule has 0 bridgehead atoms. The third-order valence-corrected chi connectivity index (χ3v) is 4.22. The summed E-state index contributed by atoms with van der Waals surface area (Å²) in [5, 5.41) is 20.3. The van der Waals surface area contributed by atoms with Crippen molar-refractivity contribution < 1.29 is 27.7 Å². The number of methoxy groups -OCH3 is 1. The number of hydrogen-bond acceptors (Lipinski definition) is 7. The molecule has 0 saturated carbocycles. The number of benzene rings is 2. The molecule has 12 heteroatoms. The summed E-state index contributed by atoms with van der Waals surface area (Å²) in [6.07, 6.45) is 0. The lowest BCUT2D eigenvalue weighted by molar-refractivity contribution is -0.384. The van der Waals surface area contributed by atoms with Crippen LogP contribution in [0.5, 0.6) is 5.75 Å². The Balaban J connectivity index is 2.13. The van der Waals surface area contributed by atoms with Crippen molar-refractivity contribution in [3.8, 4) is 5.75 Å². The van der Waals surface area contributed by atoms with Crippen molar-refractivity contribution >= 4 is 38.9 Å². The summed E-state index contributed by atoms with van der Waals surface area (Å²) in [4.78, 5) is 34.0. The first kappa shape index (κ1) is 19.8. The van der Waals surface area contributed by atoms with E-state index in [1.54, 1.807) is 0 Å². The van der Waals surface area contributed by atoms with Crippen LogP contribution < -0.4 is 20.5 Å². The van der Waals surface area contributed by atoms with Crippen LogP contribution in [0.25, 0.3) is 0 Å². The van der Waals surface area contributed by atoms with E-state index >= 15 is 0 Å². The topological polar surface area (TPSA) is 171 Å². The Morgan fingerprint density at radius 1 is 1.07 bits per heavy atom. The highest BCUT2D eigenvalue weighted by atomic mass is 32.2. The number of anilines is 2. The highest BCUT2D eigenvalue weighted by Crippen LogP contribution is 2.28. The molecule has 27 heavy (non-hydrogen) atoms. The van der Waals surface area contributed by atoms with E-state index < -0.39 is 26.8 Å². The Labute approximate surface area is 153 Å². The number of non-ortho nitro benzene ring substituents is 1. The van der Waals surface area contributed by atoms with Gasteiger partial charge in [0.05, 0.1) is 22.6 Å². The summed E-state index contributed by atoms with van der Waals surface area (Å²) >= 11 is 0. The van der Waals surface area contributed by atoms with Gasteiger partial charge in [0.15, 0.2) is 0 Å². The number of nitrogens with zero attached hydrogens (tertiary/aromatic N) is 1. The second-order valence-electron chi connectivity index (χ2n) is 5.12. The van der Waals surface area contributed by atoms with Gasteiger partial charge >= 0.3 is 11.8 Å². The minimum absolute atomic E-state index is 0.0589. The lowest BCUT2D eigenvalue weighted by Gasteiger charge is -2.10. The van der Waals surface area contributed by atoms with E-state index in [0.717, 1.165) is 18.2 Å². The lowest BCUT2D eigenvalue weighted by atomic mass is 10.2. The molecule has 0 fully saturated rings. The molecule has 0 atom stereocenters. The van der Waals surface area contributed by atoms with Crippen LogP contribution in [0.3, 0.4) is 0 Å². The third-order valence-electron chi connectivity index (χ3n) is 3.29. The summed E-state index contributed by atoms with van der Waals surface area (Å²) in [6.45, 7) is 0. The van der Waals surface area contributed by atoms with Crippen molar-refractivity contribution in [2.45, 2.75) is 4.90 Å². The van der Waals surface area contributed by atoms with Gasteiger partial charge in [-0.15, -0.1) is 0 Å². The Hall–Kier alpha value is -3.51. The number of nitro groups is 1. The van der Waals surface area contributed by atoms with E-state index in [1.165, 1.54) is 31.4 Å². The smallest absolute Gasteiger partial charge is 0.314 e. The fourth-order valence-corrected chi connectivity index (χ4v) is 2.52. The molecule has 0 aliphatic carbocycles. The first-order valence-corrected chi connectivity index (χ1v) is 8.74. The zero-order chi connectivity index (χ0) is 20.2. The minimum Gasteiger partial charge on any atom is -0.495 e. The average molecular weight is 394 g/mol. The van der Waals surface area contributed by atoms with Gasteiger partial charge in [-0.3, -0.25) is 19.7 Å². The number of nitrogens with two attached hydrogens (primary N) is 1. The number of primary sulfonamides is 1. The first-order chi connectivity index (χ1) is 12.6. The number of rotatable bonds is 5. The number of carbonyl (C=O) groups excluding carboxylic acids is 2. The Bertz CT molecular complexity index is 1000. The standard InChI is InChI=1S/C15H14N4O7S/c1-26-13-7-4-10(19(22)23)8-12(13)18-15(21)14(20)17-9-2-5-11(6-3-9)27(16,24)25/h2-8H,1H3,(H,17,20)(H,18,21)(H2,16,24,25). The maximum Gasteiger partial charge on any atom is 0.314 e. The van der Waals surface area contributed by atoms with Crippen LogP contribution in [0.1, 0.15) is 0 Å². The number of nitro benzene ring substituents is 1. The van der Waals surface area contributed by atoms with Gasteiger partial charge in [-0.05, 0) is 30.3 Å². The van der Waals surface area contributed by atoms with Gasteiger partial charge in [0.25, 0.3) is 5.69 Å². The lowest BCUT2D eigenvalue weighted by Crippen LogP contribution is -2.29. The van der Waals surface area contributed by atoms with E-state index in [1.807, 2.05) is 0 Å². The van der Waals surface area contributed by atoms with Gasteiger partial charge in [-0.1, -0.05) is 0 Å². The first-order valence-electron chi connectivity index (χ1n) is 7.19. The average Bonchev–Trinajstić information content (AvgIpc) is 2.61. The minimum atomic E-state index is -3.88. The molecule has 0 aliphatic heterocycles. The van der Waals surface area contributed by atoms with E-state index in [2.05, 4.69) is 10.6 Å². The maximum atomic E-state index is 12.0. The van der Waals surface area contributed by atoms with Crippen molar-refractivity contribution in [3.63, 3.8) is 0 Å². The molecule has 0 aromatic heterocycles. The molecule has 0 spiro atoms. The van der Waals surface area contributed by atoms with E-state index in [-0.39, 0.29) is 27.7 Å². The van der Waals surface area contributed by atoms with Crippen LogP contribution in [0.4, 0.5) is 17.1 Å². The van der Waals surface area contributed by atoms with E-state index in [9.17, 15) is 28.1 Å². The molecule has 2 amide bonds. The molecule has 0 aliphatic rings. The third kappa shape index (κ3) is 4.99. The Kier molecular flexibility index (Phi) is 5.72. The Morgan fingerprint density at radius 3 is 2.19 bits per heavy atom. The quantitative estimate of drug-likeness (QED) is 0.383. The van der Waals surface area contributed by atoms with E-state index in [4.69, 9.17) is 9.88 Å². The van der Waals surface area contributed by atoms with Crippen LogP contribution in [-0.2, 0) is 19.6 Å². The summed E-state index contributed by atoms with van der Waals surface area (Å²) in [6, 6.07) is 8.32. The van der Waals surface area contributed by atoms with Gasteiger partial charge in [0.1, 0.15) is 5.75 Å². The van der Waals surface area contributed by atoms with Crippen molar-refractivity contribution in [3.05, 3.63) is 52.6 Å². The number of hydrogen-bond donors (Lipinski definition) is 3. The van der Waals surface area contributed by atoms with Crippen LogP contribution in [0, 0.1) is 10.1 Å². The SMILES string of the molecule is COc1ccc([N+](=O)[O-])cc1NC(=O)C(=O)Nc1ccc(S(N)(=O)=O)cc1. The van der Waals surface area contributed by atoms with Gasteiger partial charge in [0.2, 0.25) is 10.0 Å². The van der Waals surface area contributed by atoms with Gasteiger partial charge in [-0.25, -0.2) is 13.6 Å². The number of nitrogens with one attached hydrogen (secondary N) is 2. The predicted molar refractivity (Wildman–Crippen MR) is 94.7 cm³/mol. The zero-order valence-corrected chi connectivity index (χ0v) is 14.6. The van der Waals surface area contributed by atoms with Crippen LogP contribution in [0.15, 0.2) is 47.4 Å². The highest BCUT2D eigenvalue weighted by molar-refractivity contribution is 7.89. The molecule has 2 aromatic rings. The zero-order valence-electron chi connectivity index (χ0n) is 13.8. The summed E-state index contributed by atoms with van der Waals surface area (Å²) < 4.78 is 27.3. The second kappa shape index (κ2) is 7.80. The summed E-state index contributed by atoms with van der Waals surface area (Å²) in [5.41, 5.74) is -0.213. The molecular weight excluding hydrogens is 380 g/mol. The van der Waals surface area contributed by atoms with Crippen LogP contribution >= 0.6 is 0 Å². The second-order valence-corrected chi connectivity index (χ2v) is 6.68.